The van der Waals surface area contributed by atoms with Crippen LogP contribution in [0, 0.1) is 5.41 Å². The molecule has 1 fully saturated rings. The molecule has 0 aromatic rings. The van der Waals surface area contributed by atoms with Crippen molar-refractivity contribution in [3.63, 3.8) is 0 Å². The Bertz CT molecular complexity index is 374. The van der Waals surface area contributed by atoms with Gasteiger partial charge in [0.05, 0.1) is 12.4 Å². The minimum Gasteiger partial charge on any atom is -0.468 e. The summed E-state index contributed by atoms with van der Waals surface area (Å²) < 4.78 is 28.2. The topological polar surface area (TPSA) is 86.5 Å². The van der Waals surface area contributed by atoms with Crippen LogP contribution >= 0.6 is 0 Å². The number of carbonyl (C=O) groups excluding carboxylic acids is 1. The Balaban J connectivity index is 2.83. The molecular weight excluding hydrogens is 230 g/mol. The molecule has 0 spiro atoms. The van der Waals surface area contributed by atoms with E-state index >= 15 is 0 Å². The van der Waals surface area contributed by atoms with Crippen molar-refractivity contribution < 1.29 is 17.9 Å². The monoisotopic (exact) mass is 249 g/mol. The van der Waals surface area contributed by atoms with Gasteiger partial charge in [-0.1, -0.05) is 13.8 Å². The van der Waals surface area contributed by atoms with E-state index in [2.05, 4.69) is 4.74 Å². The molecule has 0 aromatic carbocycles. The first-order valence-corrected chi connectivity index (χ1v) is 6.96. The fourth-order valence-corrected chi connectivity index (χ4v) is 4.05. The van der Waals surface area contributed by atoms with E-state index in [9.17, 15) is 13.2 Å². The summed E-state index contributed by atoms with van der Waals surface area (Å²) in [7, 11) is -2.31. The van der Waals surface area contributed by atoms with Crippen molar-refractivity contribution in [1.29, 1.82) is 0 Å². The third-order valence-electron chi connectivity index (χ3n) is 3.38. The van der Waals surface area contributed by atoms with Crippen molar-refractivity contribution in [3.8, 4) is 0 Å². The molecule has 1 saturated carbocycles. The van der Waals surface area contributed by atoms with Gasteiger partial charge >= 0.3 is 5.97 Å². The summed E-state index contributed by atoms with van der Waals surface area (Å²) in [5.74, 6) is -1.30. The zero-order chi connectivity index (χ0) is 12.6. The SMILES string of the molecule is COC(=O)CS(=O)(=O)C1CCC(C)(C)C1N. The van der Waals surface area contributed by atoms with Gasteiger partial charge in [0.15, 0.2) is 9.84 Å². The van der Waals surface area contributed by atoms with Crippen LogP contribution in [0.25, 0.3) is 0 Å². The van der Waals surface area contributed by atoms with E-state index in [-0.39, 0.29) is 5.41 Å². The van der Waals surface area contributed by atoms with Crippen molar-refractivity contribution in [3.05, 3.63) is 0 Å². The standard InChI is InChI=1S/C10H19NO4S/c1-10(2)5-4-7(9(10)11)16(13,14)6-8(12)15-3/h7,9H,4-6,11H2,1-3H3. The number of hydrogen-bond donors (Lipinski definition) is 1. The van der Waals surface area contributed by atoms with Crippen LogP contribution in [0.15, 0.2) is 0 Å². The molecule has 94 valence electrons. The molecule has 0 aliphatic heterocycles. The third-order valence-corrected chi connectivity index (χ3v) is 5.47. The van der Waals surface area contributed by atoms with Gasteiger partial charge in [-0.15, -0.1) is 0 Å². The van der Waals surface area contributed by atoms with Crippen LogP contribution in [-0.4, -0.2) is 38.5 Å². The molecule has 6 heteroatoms. The molecule has 2 N–H and O–H groups in total. The first-order valence-electron chi connectivity index (χ1n) is 5.24. The molecule has 1 aliphatic rings. The highest BCUT2D eigenvalue weighted by Crippen LogP contribution is 2.39. The van der Waals surface area contributed by atoms with E-state index in [0.717, 1.165) is 6.42 Å². The zero-order valence-corrected chi connectivity index (χ0v) is 10.7. The van der Waals surface area contributed by atoms with Crippen LogP contribution in [0.4, 0.5) is 0 Å². The Kier molecular flexibility index (Phi) is 3.64. The largest absolute Gasteiger partial charge is 0.468 e. The number of nitrogens with two attached hydrogens (primary N) is 1. The second kappa shape index (κ2) is 4.33. The first kappa shape index (κ1) is 13.4. The summed E-state index contributed by atoms with van der Waals surface area (Å²) >= 11 is 0. The van der Waals surface area contributed by atoms with E-state index in [1.165, 1.54) is 7.11 Å². The van der Waals surface area contributed by atoms with Crippen molar-refractivity contribution in [2.24, 2.45) is 11.1 Å². The lowest BCUT2D eigenvalue weighted by Crippen LogP contribution is -2.45. The summed E-state index contributed by atoms with van der Waals surface area (Å²) in [6.07, 6.45) is 1.28. The molecule has 0 radical (unpaired) electrons. The van der Waals surface area contributed by atoms with Gasteiger partial charge in [0, 0.05) is 6.04 Å². The third kappa shape index (κ3) is 2.55. The summed E-state index contributed by atoms with van der Waals surface area (Å²) in [5.41, 5.74) is 5.74. The van der Waals surface area contributed by atoms with Crippen molar-refractivity contribution in [2.45, 2.75) is 38.0 Å². The van der Waals surface area contributed by atoms with Crippen LogP contribution in [0.3, 0.4) is 0 Å². The maximum atomic E-state index is 11.9. The number of methoxy groups -OCH3 is 1. The lowest BCUT2D eigenvalue weighted by atomic mass is 9.88. The Morgan fingerprint density at radius 3 is 2.44 bits per heavy atom. The van der Waals surface area contributed by atoms with Gasteiger partial charge in [0.1, 0.15) is 5.75 Å². The molecule has 0 amide bonds. The maximum absolute atomic E-state index is 11.9. The van der Waals surface area contributed by atoms with Crippen molar-refractivity contribution in [2.75, 3.05) is 12.9 Å². The summed E-state index contributed by atoms with van der Waals surface area (Å²) in [4.78, 5) is 11.0. The van der Waals surface area contributed by atoms with Gasteiger partial charge in [-0.3, -0.25) is 4.79 Å². The first-order chi connectivity index (χ1) is 7.20. The summed E-state index contributed by atoms with van der Waals surface area (Å²) in [6, 6.07) is -0.415. The maximum Gasteiger partial charge on any atom is 0.320 e. The average Bonchev–Trinajstić information content (AvgIpc) is 2.41. The predicted octanol–water partition coefficient (Wildman–Crippen LogP) is 0.0901. The summed E-state index contributed by atoms with van der Waals surface area (Å²) in [6.45, 7) is 3.90. The molecule has 1 aliphatic carbocycles. The molecule has 5 nitrogen and oxygen atoms in total. The highest BCUT2D eigenvalue weighted by atomic mass is 32.2. The van der Waals surface area contributed by atoms with E-state index in [4.69, 9.17) is 5.73 Å². The molecule has 2 atom stereocenters. The Hall–Kier alpha value is -0.620. The van der Waals surface area contributed by atoms with Crippen LogP contribution in [0.5, 0.6) is 0 Å². The molecule has 0 saturated heterocycles. The van der Waals surface area contributed by atoms with E-state index < -0.39 is 32.9 Å². The fraction of sp³-hybridized carbons (Fsp3) is 0.900. The number of sulfone groups is 1. The number of hydrogen-bond acceptors (Lipinski definition) is 5. The Morgan fingerprint density at radius 1 is 1.50 bits per heavy atom. The van der Waals surface area contributed by atoms with Crippen molar-refractivity contribution >= 4 is 15.8 Å². The van der Waals surface area contributed by atoms with Crippen LogP contribution < -0.4 is 5.73 Å². The van der Waals surface area contributed by atoms with Crippen molar-refractivity contribution in [1.82, 2.24) is 0 Å². The number of esters is 1. The highest BCUT2D eigenvalue weighted by molar-refractivity contribution is 7.92. The second-order valence-corrected chi connectivity index (χ2v) is 7.19. The molecule has 0 aromatic heterocycles. The Morgan fingerprint density at radius 2 is 2.06 bits per heavy atom. The van der Waals surface area contributed by atoms with E-state index in [1.54, 1.807) is 0 Å². The predicted molar refractivity (Wildman–Crippen MR) is 60.6 cm³/mol. The number of rotatable bonds is 3. The average molecular weight is 249 g/mol. The van der Waals surface area contributed by atoms with Gasteiger partial charge in [0.25, 0.3) is 0 Å². The normalized spacial score (nSPS) is 29.0. The van der Waals surface area contributed by atoms with Gasteiger partial charge in [-0.05, 0) is 18.3 Å². The minimum atomic E-state index is -3.49. The van der Waals surface area contributed by atoms with Crippen LogP contribution in [-0.2, 0) is 19.4 Å². The van der Waals surface area contributed by atoms with Crippen LogP contribution in [0.2, 0.25) is 0 Å². The Labute approximate surface area is 96.3 Å². The quantitative estimate of drug-likeness (QED) is 0.716. The minimum absolute atomic E-state index is 0.187. The molecule has 16 heavy (non-hydrogen) atoms. The lowest BCUT2D eigenvalue weighted by Gasteiger charge is -2.26. The van der Waals surface area contributed by atoms with E-state index in [0.29, 0.717) is 6.42 Å². The molecule has 2 unspecified atom stereocenters. The second-order valence-electron chi connectivity index (χ2n) is 4.97. The molecule has 1 rings (SSSR count). The molecule has 0 bridgehead atoms. The number of ether oxygens (including phenoxy) is 1. The van der Waals surface area contributed by atoms with Crippen LogP contribution in [0.1, 0.15) is 26.7 Å². The molecule has 0 heterocycles. The van der Waals surface area contributed by atoms with Gasteiger partial charge < -0.3 is 10.5 Å². The van der Waals surface area contributed by atoms with E-state index in [1.807, 2.05) is 13.8 Å². The zero-order valence-electron chi connectivity index (χ0n) is 9.89. The highest BCUT2D eigenvalue weighted by Gasteiger charge is 2.46. The smallest absolute Gasteiger partial charge is 0.320 e. The van der Waals surface area contributed by atoms with Gasteiger partial charge in [-0.25, -0.2) is 8.42 Å². The fourth-order valence-electron chi connectivity index (χ4n) is 2.10. The summed E-state index contributed by atoms with van der Waals surface area (Å²) in [5, 5.41) is -0.624. The number of carbonyl (C=O) groups is 1. The lowest BCUT2D eigenvalue weighted by molar-refractivity contribution is -0.137. The van der Waals surface area contributed by atoms with Gasteiger partial charge in [0.2, 0.25) is 0 Å². The van der Waals surface area contributed by atoms with Gasteiger partial charge in [-0.2, -0.15) is 0 Å². The molecular formula is C10H19NO4S.